The van der Waals surface area contributed by atoms with Crippen molar-refractivity contribution in [1.29, 1.82) is 0 Å². The fourth-order valence-corrected chi connectivity index (χ4v) is 3.96. The molecule has 0 atom stereocenters. The SMILES string of the molecule is CCOC(=O)Cn1c(=NC(=O)c2ccccc2C)sc2cc(CC)ccc21. The Morgan fingerprint density at radius 1 is 1.15 bits per heavy atom. The van der Waals surface area contributed by atoms with Crippen LogP contribution in [0.5, 0.6) is 0 Å². The van der Waals surface area contributed by atoms with E-state index >= 15 is 0 Å². The van der Waals surface area contributed by atoms with Gasteiger partial charge in [-0.1, -0.05) is 42.5 Å². The van der Waals surface area contributed by atoms with Crippen molar-refractivity contribution < 1.29 is 14.3 Å². The molecule has 6 heteroatoms. The Hall–Kier alpha value is -2.73. The van der Waals surface area contributed by atoms with Gasteiger partial charge in [-0.3, -0.25) is 9.59 Å². The summed E-state index contributed by atoms with van der Waals surface area (Å²) in [5.74, 6) is -0.658. The molecule has 0 unspecified atom stereocenters. The van der Waals surface area contributed by atoms with E-state index in [9.17, 15) is 9.59 Å². The van der Waals surface area contributed by atoms with Crippen LogP contribution in [0.2, 0.25) is 0 Å². The smallest absolute Gasteiger partial charge is 0.326 e. The first-order valence-corrected chi connectivity index (χ1v) is 9.77. The summed E-state index contributed by atoms with van der Waals surface area (Å²) < 4.78 is 7.84. The van der Waals surface area contributed by atoms with E-state index in [-0.39, 0.29) is 18.4 Å². The number of thiazole rings is 1. The molecule has 1 amide bonds. The fraction of sp³-hybridized carbons (Fsp3) is 0.286. The zero-order valence-electron chi connectivity index (χ0n) is 15.7. The average Bonchev–Trinajstić information content (AvgIpc) is 2.98. The van der Waals surface area contributed by atoms with Crippen molar-refractivity contribution >= 4 is 33.4 Å². The Bertz CT molecular complexity index is 1060. The van der Waals surface area contributed by atoms with E-state index in [1.54, 1.807) is 17.6 Å². The molecule has 0 N–H and O–H groups in total. The van der Waals surface area contributed by atoms with E-state index in [2.05, 4.69) is 18.0 Å². The molecule has 3 aromatic rings. The molecule has 0 saturated heterocycles. The van der Waals surface area contributed by atoms with E-state index in [0.717, 1.165) is 22.2 Å². The number of fused-ring (bicyclic) bond motifs is 1. The average molecular weight is 382 g/mol. The lowest BCUT2D eigenvalue weighted by molar-refractivity contribution is -0.143. The quantitative estimate of drug-likeness (QED) is 0.629. The molecule has 0 spiro atoms. The summed E-state index contributed by atoms with van der Waals surface area (Å²) in [5, 5.41) is 0. The fourth-order valence-electron chi connectivity index (χ4n) is 2.87. The standard InChI is InChI=1S/C21H22N2O3S/c1-4-15-10-11-17-18(12-15)27-21(23(17)13-19(24)26-5-2)22-20(25)16-9-7-6-8-14(16)3/h6-12H,4-5,13H2,1-3H3. The molecule has 0 radical (unpaired) electrons. The van der Waals surface area contributed by atoms with Crippen molar-refractivity contribution in [2.45, 2.75) is 33.7 Å². The number of rotatable bonds is 5. The van der Waals surface area contributed by atoms with E-state index in [1.165, 1.54) is 16.9 Å². The second-order valence-corrected chi connectivity index (χ2v) is 7.17. The van der Waals surface area contributed by atoms with Crippen molar-refractivity contribution in [2.75, 3.05) is 6.61 Å². The molecule has 0 aliphatic carbocycles. The molecule has 3 rings (SSSR count). The Morgan fingerprint density at radius 2 is 1.93 bits per heavy atom. The van der Waals surface area contributed by atoms with E-state index in [4.69, 9.17) is 4.74 Å². The van der Waals surface area contributed by atoms with Crippen LogP contribution in [0.15, 0.2) is 47.5 Å². The molecule has 27 heavy (non-hydrogen) atoms. The molecule has 0 fully saturated rings. The maximum atomic E-state index is 12.7. The number of esters is 1. The molecule has 0 aliphatic rings. The van der Waals surface area contributed by atoms with Crippen molar-refractivity contribution in [3.8, 4) is 0 Å². The number of aromatic nitrogens is 1. The van der Waals surface area contributed by atoms with Gasteiger partial charge in [0.2, 0.25) is 0 Å². The summed E-state index contributed by atoms with van der Waals surface area (Å²) in [6.45, 7) is 6.09. The summed E-state index contributed by atoms with van der Waals surface area (Å²) in [4.78, 5) is 29.6. The minimum absolute atomic E-state index is 0.0270. The molecule has 0 aliphatic heterocycles. The zero-order chi connectivity index (χ0) is 19.4. The first kappa shape index (κ1) is 19.0. The third-order valence-electron chi connectivity index (χ3n) is 4.32. The maximum absolute atomic E-state index is 12.7. The molecule has 1 aromatic heterocycles. The number of hydrogen-bond acceptors (Lipinski definition) is 4. The van der Waals surface area contributed by atoms with Gasteiger partial charge in [-0.15, -0.1) is 0 Å². The molecule has 140 valence electrons. The largest absolute Gasteiger partial charge is 0.465 e. The number of amides is 1. The Kier molecular flexibility index (Phi) is 5.86. The maximum Gasteiger partial charge on any atom is 0.326 e. The van der Waals surface area contributed by atoms with Crippen molar-refractivity contribution in [2.24, 2.45) is 4.99 Å². The molecule has 1 heterocycles. The van der Waals surface area contributed by atoms with Gasteiger partial charge in [0.05, 0.1) is 16.8 Å². The van der Waals surface area contributed by atoms with Crippen LogP contribution < -0.4 is 4.80 Å². The van der Waals surface area contributed by atoms with Gasteiger partial charge >= 0.3 is 5.97 Å². The first-order chi connectivity index (χ1) is 13.0. The highest BCUT2D eigenvalue weighted by atomic mass is 32.1. The molecule has 0 bridgehead atoms. The van der Waals surface area contributed by atoms with E-state index < -0.39 is 0 Å². The summed E-state index contributed by atoms with van der Waals surface area (Å²) >= 11 is 1.41. The van der Waals surface area contributed by atoms with Gasteiger partial charge in [-0.25, -0.2) is 0 Å². The van der Waals surface area contributed by atoms with Gasteiger partial charge in [0.25, 0.3) is 5.91 Å². The summed E-state index contributed by atoms with van der Waals surface area (Å²) in [6.07, 6.45) is 0.917. The summed E-state index contributed by atoms with van der Waals surface area (Å²) in [5.41, 5.74) is 3.51. The van der Waals surface area contributed by atoms with Crippen LogP contribution in [0.3, 0.4) is 0 Å². The van der Waals surface area contributed by atoms with Crippen LogP contribution >= 0.6 is 11.3 Å². The van der Waals surface area contributed by atoms with Gasteiger partial charge in [0.1, 0.15) is 6.54 Å². The third kappa shape index (κ3) is 4.17. The van der Waals surface area contributed by atoms with Crippen molar-refractivity contribution in [3.05, 3.63) is 64.0 Å². The van der Waals surface area contributed by atoms with Gasteiger partial charge < -0.3 is 9.30 Å². The predicted molar refractivity (Wildman–Crippen MR) is 107 cm³/mol. The molecular formula is C21H22N2O3S. The Labute approximate surface area is 161 Å². The Balaban J connectivity index is 2.13. The third-order valence-corrected chi connectivity index (χ3v) is 5.36. The number of ether oxygens (including phenoxy) is 1. The van der Waals surface area contributed by atoms with Crippen LogP contribution in [0, 0.1) is 6.92 Å². The minimum Gasteiger partial charge on any atom is -0.465 e. The molecule has 5 nitrogen and oxygen atoms in total. The number of hydrogen-bond donors (Lipinski definition) is 0. The highest BCUT2D eigenvalue weighted by Gasteiger charge is 2.14. The highest BCUT2D eigenvalue weighted by Crippen LogP contribution is 2.20. The molecule has 2 aromatic carbocycles. The number of nitrogens with zero attached hydrogens (tertiary/aromatic N) is 2. The van der Waals surface area contributed by atoms with Gasteiger partial charge in [0, 0.05) is 5.56 Å². The monoisotopic (exact) mass is 382 g/mol. The Morgan fingerprint density at radius 3 is 2.63 bits per heavy atom. The second-order valence-electron chi connectivity index (χ2n) is 6.16. The summed E-state index contributed by atoms with van der Waals surface area (Å²) in [6, 6.07) is 13.4. The van der Waals surface area contributed by atoms with Crippen LogP contribution in [0.4, 0.5) is 0 Å². The van der Waals surface area contributed by atoms with Gasteiger partial charge in [-0.05, 0) is 49.6 Å². The van der Waals surface area contributed by atoms with Crippen LogP contribution in [0.25, 0.3) is 10.2 Å². The van der Waals surface area contributed by atoms with E-state index in [1.807, 2.05) is 37.3 Å². The van der Waals surface area contributed by atoms with Gasteiger partial charge in [-0.2, -0.15) is 4.99 Å². The van der Waals surface area contributed by atoms with E-state index in [0.29, 0.717) is 17.0 Å². The van der Waals surface area contributed by atoms with Crippen LogP contribution in [-0.4, -0.2) is 23.1 Å². The lowest BCUT2D eigenvalue weighted by atomic mass is 10.1. The number of aryl methyl sites for hydroxylation is 2. The lowest BCUT2D eigenvalue weighted by Gasteiger charge is -2.06. The lowest BCUT2D eigenvalue weighted by Crippen LogP contribution is -2.23. The summed E-state index contributed by atoms with van der Waals surface area (Å²) in [7, 11) is 0. The van der Waals surface area contributed by atoms with Crippen molar-refractivity contribution in [3.63, 3.8) is 0 Å². The minimum atomic E-state index is -0.346. The normalized spacial score (nSPS) is 11.7. The topological polar surface area (TPSA) is 60.7 Å². The van der Waals surface area contributed by atoms with Crippen LogP contribution in [-0.2, 0) is 22.5 Å². The molecule has 0 saturated carbocycles. The zero-order valence-corrected chi connectivity index (χ0v) is 16.5. The predicted octanol–water partition coefficient (Wildman–Crippen LogP) is 3.88. The number of carbonyl (C=O) groups is 2. The number of benzene rings is 2. The highest BCUT2D eigenvalue weighted by molar-refractivity contribution is 7.16. The molecular weight excluding hydrogens is 360 g/mol. The van der Waals surface area contributed by atoms with Gasteiger partial charge in [0.15, 0.2) is 4.80 Å². The first-order valence-electron chi connectivity index (χ1n) is 8.96. The van der Waals surface area contributed by atoms with Crippen molar-refractivity contribution in [1.82, 2.24) is 4.57 Å². The second kappa shape index (κ2) is 8.31. The number of carbonyl (C=O) groups excluding carboxylic acids is 2. The van der Waals surface area contributed by atoms with Crippen LogP contribution in [0.1, 0.15) is 35.3 Å².